The van der Waals surface area contributed by atoms with Crippen LogP contribution >= 0.6 is 0 Å². The van der Waals surface area contributed by atoms with E-state index in [-0.39, 0.29) is 4.90 Å². The first-order valence-corrected chi connectivity index (χ1v) is 9.96. The number of aryl methyl sites for hydroxylation is 1. The Hall–Kier alpha value is -2.67. The van der Waals surface area contributed by atoms with Gasteiger partial charge in [-0.2, -0.15) is 0 Å². The molecule has 1 heterocycles. The highest BCUT2D eigenvalue weighted by Crippen LogP contribution is 2.23. The summed E-state index contributed by atoms with van der Waals surface area (Å²) in [5.41, 5.74) is 2.51. The highest BCUT2D eigenvalue weighted by molar-refractivity contribution is 7.92. The summed E-state index contributed by atoms with van der Waals surface area (Å²) < 4.78 is 29.6. The molecule has 26 heavy (non-hydrogen) atoms. The summed E-state index contributed by atoms with van der Waals surface area (Å²) in [6.45, 7) is 4.24. The maximum Gasteiger partial charge on any atom is 0.261 e. The number of sulfonamides is 1. The molecular weight excluding hydrogens is 348 g/mol. The second kappa shape index (κ2) is 7.29. The quantitative estimate of drug-likeness (QED) is 0.716. The van der Waals surface area contributed by atoms with Gasteiger partial charge in [0.2, 0.25) is 0 Å². The van der Waals surface area contributed by atoms with Crippen molar-refractivity contribution >= 4 is 15.7 Å². The Bertz CT molecular complexity index is 977. The fraction of sp³-hybridized carbons (Fsp3) is 0.263. The minimum atomic E-state index is -3.62. The van der Waals surface area contributed by atoms with Gasteiger partial charge in [-0.3, -0.25) is 4.72 Å². The molecule has 0 radical (unpaired) electrons. The molecule has 1 atom stereocenters. The third-order valence-electron chi connectivity index (χ3n) is 4.48. The summed E-state index contributed by atoms with van der Waals surface area (Å²) in [4.78, 5) is 0.252. The van der Waals surface area contributed by atoms with Crippen LogP contribution in [0, 0.1) is 0 Å². The third kappa shape index (κ3) is 3.77. The Kier molecular flexibility index (Phi) is 5.08. The molecule has 2 aromatic carbocycles. The van der Waals surface area contributed by atoms with Crippen LogP contribution < -0.4 is 4.72 Å². The Morgan fingerprint density at radius 3 is 2.27 bits per heavy atom. The van der Waals surface area contributed by atoms with Crippen molar-refractivity contribution in [3.05, 3.63) is 60.4 Å². The lowest BCUT2D eigenvalue weighted by Crippen LogP contribution is -2.13. The number of rotatable bonds is 6. The first-order chi connectivity index (χ1) is 12.4. The molecule has 0 saturated carbocycles. The second-order valence-corrected chi connectivity index (χ2v) is 8.01. The topological polar surface area (TPSA) is 76.9 Å². The predicted molar refractivity (Wildman–Crippen MR) is 102 cm³/mol. The molecule has 7 heteroatoms. The zero-order valence-electron chi connectivity index (χ0n) is 15.0. The molecule has 0 fully saturated rings. The molecule has 0 saturated heterocycles. The van der Waals surface area contributed by atoms with Gasteiger partial charge in [-0.25, -0.2) is 8.42 Å². The number of nitrogens with zero attached hydrogens (tertiary/aromatic N) is 3. The average molecular weight is 370 g/mol. The van der Waals surface area contributed by atoms with Crippen LogP contribution in [0.25, 0.3) is 11.4 Å². The van der Waals surface area contributed by atoms with Crippen molar-refractivity contribution in [1.29, 1.82) is 0 Å². The molecule has 0 aliphatic heterocycles. The molecule has 0 amide bonds. The van der Waals surface area contributed by atoms with Gasteiger partial charge in [0.05, 0.1) is 4.90 Å². The van der Waals surface area contributed by atoms with Crippen LogP contribution in [0.2, 0.25) is 0 Å². The lowest BCUT2D eigenvalue weighted by atomic mass is 9.99. The summed E-state index contributed by atoms with van der Waals surface area (Å²) in [6, 6.07) is 14.1. The van der Waals surface area contributed by atoms with Crippen LogP contribution in [-0.4, -0.2) is 23.2 Å². The molecule has 0 spiro atoms. The van der Waals surface area contributed by atoms with Crippen LogP contribution in [-0.2, 0) is 17.1 Å². The number of anilines is 1. The first-order valence-electron chi connectivity index (χ1n) is 8.48. The van der Waals surface area contributed by atoms with Crippen LogP contribution in [0.1, 0.15) is 31.7 Å². The van der Waals surface area contributed by atoms with Gasteiger partial charge < -0.3 is 4.57 Å². The van der Waals surface area contributed by atoms with E-state index in [0.29, 0.717) is 11.6 Å². The number of hydrogen-bond donors (Lipinski definition) is 1. The van der Waals surface area contributed by atoms with Gasteiger partial charge in [0, 0.05) is 18.3 Å². The molecule has 6 nitrogen and oxygen atoms in total. The summed E-state index contributed by atoms with van der Waals surface area (Å²) in [5, 5.41) is 7.89. The molecule has 0 aliphatic carbocycles. The van der Waals surface area contributed by atoms with Gasteiger partial charge >= 0.3 is 0 Å². The van der Waals surface area contributed by atoms with E-state index >= 15 is 0 Å². The Balaban J connectivity index is 1.78. The smallest absolute Gasteiger partial charge is 0.261 e. The van der Waals surface area contributed by atoms with E-state index in [1.165, 1.54) is 0 Å². The number of hydrogen-bond acceptors (Lipinski definition) is 4. The fourth-order valence-corrected chi connectivity index (χ4v) is 3.72. The van der Waals surface area contributed by atoms with Crippen LogP contribution in [0.3, 0.4) is 0 Å². The predicted octanol–water partition coefficient (Wildman–Crippen LogP) is 3.80. The van der Waals surface area contributed by atoms with Crippen LogP contribution in [0.4, 0.5) is 5.69 Å². The van der Waals surface area contributed by atoms with Gasteiger partial charge in [0.25, 0.3) is 10.0 Å². The molecular formula is C19H22N4O2S. The molecule has 1 aromatic heterocycles. The minimum Gasteiger partial charge on any atom is -0.317 e. The number of nitrogens with one attached hydrogen (secondary N) is 1. The minimum absolute atomic E-state index is 0.252. The molecule has 3 rings (SSSR count). The van der Waals surface area contributed by atoms with Gasteiger partial charge in [-0.1, -0.05) is 26.0 Å². The lowest BCUT2D eigenvalue weighted by Gasteiger charge is -2.11. The van der Waals surface area contributed by atoms with Crippen molar-refractivity contribution in [3.8, 4) is 11.4 Å². The van der Waals surface area contributed by atoms with Gasteiger partial charge in [0.1, 0.15) is 6.33 Å². The van der Waals surface area contributed by atoms with Crippen LogP contribution in [0.15, 0.2) is 59.8 Å². The fourth-order valence-electron chi connectivity index (χ4n) is 2.66. The molecule has 0 aliphatic rings. The highest BCUT2D eigenvalue weighted by atomic mass is 32.2. The van der Waals surface area contributed by atoms with E-state index in [2.05, 4.69) is 28.8 Å². The highest BCUT2D eigenvalue weighted by Gasteiger charge is 2.15. The zero-order chi connectivity index (χ0) is 18.7. The van der Waals surface area contributed by atoms with Gasteiger partial charge in [-0.15, -0.1) is 10.2 Å². The van der Waals surface area contributed by atoms with Crippen LogP contribution in [0.5, 0.6) is 0 Å². The van der Waals surface area contributed by atoms with Crippen molar-refractivity contribution in [3.63, 3.8) is 0 Å². The monoisotopic (exact) mass is 370 g/mol. The van der Waals surface area contributed by atoms with E-state index in [1.807, 2.05) is 31.3 Å². The van der Waals surface area contributed by atoms with Gasteiger partial charge in [-0.05, 0) is 54.3 Å². The van der Waals surface area contributed by atoms with Crippen molar-refractivity contribution in [2.45, 2.75) is 31.1 Å². The third-order valence-corrected chi connectivity index (χ3v) is 5.88. The van der Waals surface area contributed by atoms with Crippen molar-refractivity contribution < 1.29 is 8.42 Å². The van der Waals surface area contributed by atoms with Crippen molar-refractivity contribution in [1.82, 2.24) is 14.8 Å². The summed E-state index contributed by atoms with van der Waals surface area (Å²) in [7, 11) is -1.76. The van der Waals surface area contributed by atoms with Gasteiger partial charge in [0.15, 0.2) is 5.82 Å². The Morgan fingerprint density at radius 2 is 1.73 bits per heavy atom. The average Bonchev–Trinajstić information content (AvgIpc) is 3.07. The molecule has 1 unspecified atom stereocenters. The number of benzene rings is 2. The molecule has 3 aromatic rings. The lowest BCUT2D eigenvalue weighted by molar-refractivity contribution is 0.601. The Morgan fingerprint density at radius 1 is 1.08 bits per heavy atom. The molecule has 1 N–H and O–H groups in total. The normalized spacial score (nSPS) is 12.7. The van der Waals surface area contributed by atoms with Crippen molar-refractivity contribution in [2.75, 3.05) is 4.72 Å². The summed E-state index contributed by atoms with van der Waals surface area (Å²) in [5.74, 6) is 1.13. The Labute approximate surface area is 154 Å². The summed E-state index contributed by atoms with van der Waals surface area (Å²) >= 11 is 0. The van der Waals surface area contributed by atoms with E-state index in [4.69, 9.17) is 0 Å². The summed E-state index contributed by atoms with van der Waals surface area (Å²) in [6.07, 6.45) is 2.64. The molecule has 136 valence electrons. The van der Waals surface area contributed by atoms with E-state index in [0.717, 1.165) is 23.4 Å². The maximum atomic E-state index is 12.6. The maximum absolute atomic E-state index is 12.6. The standard InChI is InChI=1S/C19H22N4O2S/c1-4-14(2)15-7-11-18(12-8-15)26(24,25)22-17-9-5-16(6-10-17)19-21-20-13-23(19)3/h5-14,22H,4H2,1-3H3. The van der Waals surface area contributed by atoms with E-state index in [9.17, 15) is 8.42 Å². The number of aromatic nitrogens is 3. The molecule has 0 bridgehead atoms. The zero-order valence-corrected chi connectivity index (χ0v) is 15.9. The van der Waals surface area contributed by atoms with Crippen molar-refractivity contribution in [2.24, 2.45) is 7.05 Å². The second-order valence-electron chi connectivity index (χ2n) is 6.33. The first kappa shape index (κ1) is 18.1. The van der Waals surface area contributed by atoms with E-state index < -0.39 is 10.0 Å². The van der Waals surface area contributed by atoms with E-state index in [1.54, 1.807) is 35.2 Å². The largest absolute Gasteiger partial charge is 0.317 e. The SMILES string of the molecule is CCC(C)c1ccc(S(=O)(=O)Nc2ccc(-c3nncn3C)cc2)cc1.